The van der Waals surface area contributed by atoms with Crippen molar-refractivity contribution in [3.8, 4) is 11.5 Å². The average molecular weight is 338 g/mol. The number of hydrogen-bond donors (Lipinski definition) is 3. The Hall–Kier alpha value is -3.28. The van der Waals surface area contributed by atoms with Crippen molar-refractivity contribution in [1.29, 1.82) is 0 Å². The zero-order valence-electron chi connectivity index (χ0n) is 13.7. The maximum Gasteiger partial charge on any atom is 0.267 e. The summed E-state index contributed by atoms with van der Waals surface area (Å²) in [7, 11) is 0. The van der Waals surface area contributed by atoms with Crippen LogP contribution in [-0.4, -0.2) is 20.7 Å². The molecule has 0 unspecified atom stereocenters. The number of carbonyl (C=O) groups is 1. The number of amides is 1. The SMILES string of the molecule is CCCn1c(=O)c(C(=O)Nc2ccccc2O)c(O)c2ccccc21. The predicted octanol–water partition coefficient (Wildman–Crippen LogP) is 3.08. The molecule has 1 amide bonds. The van der Waals surface area contributed by atoms with Gasteiger partial charge in [0.1, 0.15) is 17.1 Å². The lowest BCUT2D eigenvalue weighted by Crippen LogP contribution is -2.29. The summed E-state index contributed by atoms with van der Waals surface area (Å²) in [6, 6.07) is 13.1. The second-order valence-corrected chi connectivity index (χ2v) is 5.67. The first-order chi connectivity index (χ1) is 12.0. The molecule has 3 rings (SSSR count). The van der Waals surface area contributed by atoms with E-state index < -0.39 is 11.5 Å². The summed E-state index contributed by atoms with van der Waals surface area (Å²) in [6.07, 6.45) is 0.704. The fraction of sp³-hybridized carbons (Fsp3) is 0.158. The van der Waals surface area contributed by atoms with Crippen LogP contribution >= 0.6 is 0 Å². The molecule has 25 heavy (non-hydrogen) atoms. The number of para-hydroxylation sites is 3. The van der Waals surface area contributed by atoms with E-state index in [1.165, 1.54) is 16.7 Å². The van der Waals surface area contributed by atoms with E-state index in [2.05, 4.69) is 5.32 Å². The molecule has 6 heteroatoms. The van der Waals surface area contributed by atoms with E-state index in [9.17, 15) is 19.8 Å². The number of aromatic nitrogens is 1. The highest BCUT2D eigenvalue weighted by molar-refractivity contribution is 6.09. The number of hydrogen-bond acceptors (Lipinski definition) is 4. The lowest BCUT2D eigenvalue weighted by atomic mass is 10.1. The molecular weight excluding hydrogens is 320 g/mol. The van der Waals surface area contributed by atoms with Gasteiger partial charge in [0, 0.05) is 11.9 Å². The molecule has 0 atom stereocenters. The van der Waals surface area contributed by atoms with Crippen LogP contribution in [0, 0.1) is 0 Å². The molecular formula is C19H18N2O4. The van der Waals surface area contributed by atoms with Crippen molar-refractivity contribution in [3.05, 3.63) is 64.4 Å². The number of aryl methyl sites for hydroxylation is 1. The van der Waals surface area contributed by atoms with E-state index in [0.717, 1.165) is 0 Å². The van der Waals surface area contributed by atoms with Crippen LogP contribution < -0.4 is 10.9 Å². The number of anilines is 1. The zero-order valence-corrected chi connectivity index (χ0v) is 13.7. The van der Waals surface area contributed by atoms with Crippen LogP contribution in [0.1, 0.15) is 23.7 Å². The van der Waals surface area contributed by atoms with Gasteiger partial charge in [0.2, 0.25) is 0 Å². The molecule has 1 heterocycles. The van der Waals surface area contributed by atoms with E-state index in [1.54, 1.807) is 36.4 Å². The minimum absolute atomic E-state index is 0.120. The number of carbonyl (C=O) groups excluding carboxylic acids is 1. The topological polar surface area (TPSA) is 91.6 Å². The fourth-order valence-corrected chi connectivity index (χ4v) is 2.80. The third-order valence-electron chi connectivity index (χ3n) is 3.97. The Labute approximate surface area is 144 Å². The first-order valence-electron chi connectivity index (χ1n) is 7.98. The van der Waals surface area contributed by atoms with Crippen LogP contribution in [0.3, 0.4) is 0 Å². The minimum Gasteiger partial charge on any atom is -0.506 e. The molecule has 1 aromatic heterocycles. The monoisotopic (exact) mass is 338 g/mol. The number of nitrogens with zero attached hydrogens (tertiary/aromatic N) is 1. The quantitative estimate of drug-likeness (QED) is 0.638. The highest BCUT2D eigenvalue weighted by Crippen LogP contribution is 2.28. The largest absolute Gasteiger partial charge is 0.506 e. The molecule has 3 N–H and O–H groups in total. The van der Waals surface area contributed by atoms with Crippen molar-refractivity contribution in [2.45, 2.75) is 19.9 Å². The molecule has 128 valence electrons. The third kappa shape index (κ3) is 2.94. The van der Waals surface area contributed by atoms with Gasteiger partial charge in [-0.05, 0) is 30.7 Å². The first kappa shape index (κ1) is 16.6. The van der Waals surface area contributed by atoms with Gasteiger partial charge in [-0.2, -0.15) is 0 Å². The molecule has 0 saturated carbocycles. The number of nitrogens with one attached hydrogen (secondary N) is 1. The first-order valence-corrected chi connectivity index (χ1v) is 7.98. The van der Waals surface area contributed by atoms with Gasteiger partial charge in [-0.1, -0.05) is 31.2 Å². The summed E-state index contributed by atoms with van der Waals surface area (Å²) in [5.74, 6) is -1.24. The Balaban J connectivity index is 2.17. The molecule has 0 aliphatic carbocycles. The zero-order chi connectivity index (χ0) is 18.0. The van der Waals surface area contributed by atoms with Gasteiger partial charge in [-0.25, -0.2) is 0 Å². The molecule has 6 nitrogen and oxygen atoms in total. The van der Waals surface area contributed by atoms with Crippen LogP contribution in [0.5, 0.6) is 11.5 Å². The standard InChI is InChI=1S/C19H18N2O4/c1-2-11-21-14-9-5-3-7-12(14)17(23)16(19(21)25)18(24)20-13-8-4-6-10-15(13)22/h3-10,22-23H,2,11H2,1H3,(H,20,24). The Morgan fingerprint density at radius 1 is 1.08 bits per heavy atom. The van der Waals surface area contributed by atoms with Crippen molar-refractivity contribution in [1.82, 2.24) is 4.57 Å². The Bertz CT molecular complexity index is 1010. The van der Waals surface area contributed by atoms with Gasteiger partial charge >= 0.3 is 0 Å². The van der Waals surface area contributed by atoms with Crippen molar-refractivity contribution in [2.75, 3.05) is 5.32 Å². The normalized spacial score (nSPS) is 10.8. The minimum atomic E-state index is -0.764. The summed E-state index contributed by atoms with van der Waals surface area (Å²) in [5, 5.41) is 23.2. The van der Waals surface area contributed by atoms with Gasteiger partial charge in [0.25, 0.3) is 11.5 Å². The van der Waals surface area contributed by atoms with E-state index in [1.807, 2.05) is 6.92 Å². The summed E-state index contributed by atoms with van der Waals surface area (Å²) in [4.78, 5) is 25.4. The number of phenols is 1. The van der Waals surface area contributed by atoms with Crippen molar-refractivity contribution in [3.63, 3.8) is 0 Å². The summed E-state index contributed by atoms with van der Waals surface area (Å²) >= 11 is 0. The van der Waals surface area contributed by atoms with Crippen LogP contribution in [-0.2, 0) is 6.54 Å². The van der Waals surface area contributed by atoms with Crippen LogP contribution in [0.4, 0.5) is 5.69 Å². The van der Waals surface area contributed by atoms with E-state index in [4.69, 9.17) is 0 Å². The highest BCUT2D eigenvalue weighted by atomic mass is 16.3. The van der Waals surface area contributed by atoms with E-state index in [0.29, 0.717) is 23.9 Å². The number of pyridine rings is 1. The summed E-state index contributed by atoms with van der Waals surface area (Å²) < 4.78 is 1.48. The van der Waals surface area contributed by atoms with Gasteiger partial charge < -0.3 is 20.1 Å². The van der Waals surface area contributed by atoms with Crippen molar-refractivity contribution in [2.24, 2.45) is 0 Å². The molecule has 0 aliphatic heterocycles. The molecule has 0 radical (unpaired) electrons. The molecule has 0 bridgehead atoms. The summed E-state index contributed by atoms with van der Waals surface area (Å²) in [6.45, 7) is 2.35. The number of aromatic hydroxyl groups is 2. The van der Waals surface area contributed by atoms with Crippen LogP contribution in [0.25, 0.3) is 10.9 Å². The summed E-state index contributed by atoms with van der Waals surface area (Å²) in [5.41, 5.74) is -0.158. The number of rotatable bonds is 4. The van der Waals surface area contributed by atoms with Gasteiger partial charge in [0.05, 0.1) is 11.2 Å². The van der Waals surface area contributed by atoms with Gasteiger partial charge in [-0.3, -0.25) is 9.59 Å². The fourth-order valence-electron chi connectivity index (χ4n) is 2.80. The Morgan fingerprint density at radius 2 is 1.76 bits per heavy atom. The smallest absolute Gasteiger partial charge is 0.267 e. The second-order valence-electron chi connectivity index (χ2n) is 5.67. The van der Waals surface area contributed by atoms with Gasteiger partial charge in [-0.15, -0.1) is 0 Å². The van der Waals surface area contributed by atoms with E-state index in [-0.39, 0.29) is 22.7 Å². The molecule has 0 spiro atoms. The lowest BCUT2D eigenvalue weighted by Gasteiger charge is -2.14. The highest BCUT2D eigenvalue weighted by Gasteiger charge is 2.22. The van der Waals surface area contributed by atoms with Crippen molar-refractivity contribution < 1.29 is 15.0 Å². The van der Waals surface area contributed by atoms with Crippen LogP contribution in [0.2, 0.25) is 0 Å². The number of fused-ring (bicyclic) bond motifs is 1. The number of benzene rings is 2. The molecule has 0 saturated heterocycles. The van der Waals surface area contributed by atoms with Crippen molar-refractivity contribution >= 4 is 22.5 Å². The third-order valence-corrected chi connectivity index (χ3v) is 3.97. The predicted molar refractivity (Wildman–Crippen MR) is 96.2 cm³/mol. The maximum atomic E-state index is 12.8. The number of phenolic OH excluding ortho intramolecular Hbond substituents is 1. The molecule has 0 aliphatic rings. The van der Waals surface area contributed by atoms with E-state index >= 15 is 0 Å². The average Bonchev–Trinajstić information content (AvgIpc) is 2.61. The maximum absolute atomic E-state index is 12.8. The Morgan fingerprint density at radius 3 is 2.48 bits per heavy atom. The molecule has 3 aromatic rings. The lowest BCUT2D eigenvalue weighted by molar-refractivity contribution is 0.102. The van der Waals surface area contributed by atoms with Gasteiger partial charge in [0.15, 0.2) is 0 Å². The van der Waals surface area contributed by atoms with Crippen LogP contribution in [0.15, 0.2) is 53.3 Å². The Kier molecular flexibility index (Phi) is 4.43. The molecule has 2 aromatic carbocycles. The molecule has 0 fully saturated rings. The second kappa shape index (κ2) is 6.68.